The summed E-state index contributed by atoms with van der Waals surface area (Å²) in [6.07, 6.45) is 0.748. The van der Waals surface area contributed by atoms with Gasteiger partial charge in [-0.05, 0) is 65.6 Å². The maximum atomic E-state index is 12.4. The van der Waals surface area contributed by atoms with Crippen molar-refractivity contribution in [3.8, 4) is 0 Å². The van der Waals surface area contributed by atoms with Crippen LogP contribution >= 0.6 is 11.8 Å². The topological polar surface area (TPSA) is 124 Å². The van der Waals surface area contributed by atoms with E-state index in [0.717, 1.165) is 44.2 Å². The van der Waals surface area contributed by atoms with E-state index >= 15 is 0 Å². The Balaban J connectivity index is 0.000000205. The van der Waals surface area contributed by atoms with Gasteiger partial charge in [0, 0.05) is 28.6 Å². The largest absolute Gasteiger partial charge is 0.398 e. The van der Waals surface area contributed by atoms with Crippen LogP contribution in [0.4, 0.5) is 10.1 Å². The standard InChI is InChI=1S/C14H15NOS.C8H10FN.C7H10N2/c15-9-11-5-1-3-7-13(11)17-14-8-4-2-6-12(14)10-16;9-8-3-1-2-7(6-8)4-5-10;8-5-6-3-1-2-4-7(6)9/h1-8,16H,9-10,15H2;1-3,6H,4-5,10H2;1-4H,5,8-9H2. The van der Waals surface area contributed by atoms with Gasteiger partial charge in [-0.15, -0.1) is 0 Å². The second-order valence-electron chi connectivity index (χ2n) is 7.75. The molecule has 0 amide bonds. The van der Waals surface area contributed by atoms with E-state index in [0.29, 0.717) is 19.6 Å². The number of hydrogen-bond acceptors (Lipinski definition) is 6. The Labute approximate surface area is 217 Å². The summed E-state index contributed by atoms with van der Waals surface area (Å²) in [6, 6.07) is 30.1. The molecule has 9 N–H and O–H groups in total. The first kappa shape index (κ1) is 29.0. The van der Waals surface area contributed by atoms with Crippen molar-refractivity contribution >= 4 is 17.4 Å². The van der Waals surface area contributed by atoms with Gasteiger partial charge in [-0.2, -0.15) is 0 Å². The highest BCUT2D eigenvalue weighted by Crippen LogP contribution is 2.32. The van der Waals surface area contributed by atoms with Crippen LogP contribution in [0.25, 0.3) is 0 Å². The van der Waals surface area contributed by atoms with E-state index in [1.807, 2.05) is 72.8 Å². The Hall–Kier alpha value is -3.20. The highest BCUT2D eigenvalue weighted by atomic mass is 32.2. The molecule has 0 unspecified atom stereocenters. The van der Waals surface area contributed by atoms with Crippen LogP contribution in [0.5, 0.6) is 0 Å². The van der Waals surface area contributed by atoms with Gasteiger partial charge in [0.1, 0.15) is 5.82 Å². The lowest BCUT2D eigenvalue weighted by Gasteiger charge is -2.09. The fourth-order valence-corrected chi connectivity index (χ4v) is 4.28. The summed E-state index contributed by atoms with van der Waals surface area (Å²) in [4.78, 5) is 2.23. The molecule has 0 atom stereocenters. The summed E-state index contributed by atoms with van der Waals surface area (Å²) in [5, 5.41) is 9.28. The molecular weight excluding hydrogens is 471 g/mol. The van der Waals surface area contributed by atoms with Gasteiger partial charge < -0.3 is 28.0 Å². The van der Waals surface area contributed by atoms with Gasteiger partial charge in [-0.3, -0.25) is 0 Å². The minimum absolute atomic E-state index is 0.0635. The van der Waals surface area contributed by atoms with Crippen molar-refractivity contribution in [2.45, 2.75) is 35.9 Å². The predicted octanol–water partition coefficient (Wildman–Crippen LogP) is 4.84. The van der Waals surface area contributed by atoms with Crippen molar-refractivity contribution in [2.75, 3.05) is 12.3 Å². The summed E-state index contributed by atoms with van der Waals surface area (Å²) in [7, 11) is 0. The van der Waals surface area contributed by atoms with Crippen molar-refractivity contribution in [1.82, 2.24) is 0 Å². The van der Waals surface area contributed by atoms with Gasteiger partial charge in [0.15, 0.2) is 0 Å². The second kappa shape index (κ2) is 16.5. The zero-order valence-corrected chi connectivity index (χ0v) is 21.1. The molecule has 0 saturated carbocycles. The molecule has 0 bridgehead atoms. The maximum Gasteiger partial charge on any atom is 0.123 e. The molecule has 4 aromatic carbocycles. The van der Waals surface area contributed by atoms with Crippen molar-refractivity contribution < 1.29 is 9.50 Å². The van der Waals surface area contributed by atoms with Crippen molar-refractivity contribution in [1.29, 1.82) is 0 Å². The molecule has 0 fully saturated rings. The summed E-state index contributed by atoms with van der Waals surface area (Å²) in [5.41, 5.74) is 26.8. The third-order valence-electron chi connectivity index (χ3n) is 5.15. The minimum atomic E-state index is -0.189. The molecule has 36 heavy (non-hydrogen) atoms. The van der Waals surface area contributed by atoms with Crippen molar-refractivity contribution in [3.05, 3.63) is 125 Å². The number of hydrogen-bond donors (Lipinski definition) is 5. The lowest BCUT2D eigenvalue weighted by atomic mass is 10.1. The first-order valence-electron chi connectivity index (χ1n) is 11.6. The fraction of sp³-hybridized carbons (Fsp3) is 0.172. The Bertz CT molecular complexity index is 1140. The zero-order chi connectivity index (χ0) is 26.2. The Morgan fingerprint density at radius 1 is 0.667 bits per heavy atom. The number of anilines is 1. The lowest BCUT2D eigenvalue weighted by Crippen LogP contribution is -2.02. The molecule has 0 saturated heterocycles. The molecule has 0 spiro atoms. The van der Waals surface area contributed by atoms with E-state index in [1.54, 1.807) is 17.8 Å². The van der Waals surface area contributed by atoms with E-state index in [-0.39, 0.29) is 12.4 Å². The normalized spacial score (nSPS) is 10.0. The number of nitrogens with two attached hydrogens (primary N) is 4. The quantitative estimate of drug-likeness (QED) is 0.228. The fourth-order valence-electron chi connectivity index (χ4n) is 3.20. The second-order valence-corrected chi connectivity index (χ2v) is 8.84. The number of aliphatic hydroxyl groups is 1. The van der Waals surface area contributed by atoms with E-state index in [1.165, 1.54) is 12.1 Å². The Morgan fingerprint density at radius 2 is 1.22 bits per heavy atom. The minimum Gasteiger partial charge on any atom is -0.398 e. The molecule has 5 nitrogen and oxygen atoms in total. The summed E-state index contributed by atoms with van der Waals surface area (Å²) >= 11 is 1.65. The predicted molar refractivity (Wildman–Crippen MR) is 149 cm³/mol. The third kappa shape index (κ3) is 9.81. The van der Waals surface area contributed by atoms with Crippen LogP contribution in [0.15, 0.2) is 107 Å². The number of halogens is 1. The number of benzene rings is 4. The molecular formula is C29H35FN4OS. The van der Waals surface area contributed by atoms with Crippen LogP contribution in [0.1, 0.15) is 22.3 Å². The molecule has 0 heterocycles. The van der Waals surface area contributed by atoms with Crippen LogP contribution in [0.2, 0.25) is 0 Å². The molecule has 0 aliphatic carbocycles. The molecule has 190 valence electrons. The Morgan fingerprint density at radius 3 is 1.75 bits per heavy atom. The van der Waals surface area contributed by atoms with Gasteiger partial charge >= 0.3 is 0 Å². The average Bonchev–Trinajstić information content (AvgIpc) is 2.91. The summed E-state index contributed by atoms with van der Waals surface area (Å²) in [5.74, 6) is -0.189. The molecule has 0 radical (unpaired) electrons. The SMILES string of the molecule is NCCc1cccc(F)c1.NCc1ccccc1N.NCc1ccccc1Sc1ccccc1CO. The highest BCUT2D eigenvalue weighted by molar-refractivity contribution is 7.99. The van der Waals surface area contributed by atoms with Crippen molar-refractivity contribution in [3.63, 3.8) is 0 Å². The first-order valence-corrected chi connectivity index (χ1v) is 12.5. The van der Waals surface area contributed by atoms with E-state index in [4.69, 9.17) is 22.9 Å². The van der Waals surface area contributed by atoms with Gasteiger partial charge in [0.25, 0.3) is 0 Å². The van der Waals surface area contributed by atoms with Crippen LogP contribution < -0.4 is 22.9 Å². The summed E-state index contributed by atoms with van der Waals surface area (Å²) in [6.45, 7) is 1.69. The molecule has 7 heteroatoms. The molecule has 0 aliphatic heterocycles. The monoisotopic (exact) mass is 506 g/mol. The van der Waals surface area contributed by atoms with Crippen LogP contribution in [-0.4, -0.2) is 11.7 Å². The number of nitrogen functional groups attached to an aromatic ring is 1. The molecule has 4 aromatic rings. The van der Waals surface area contributed by atoms with E-state index in [2.05, 4.69) is 6.07 Å². The van der Waals surface area contributed by atoms with Gasteiger partial charge in [0.2, 0.25) is 0 Å². The molecule has 4 rings (SSSR count). The maximum absolute atomic E-state index is 12.4. The van der Waals surface area contributed by atoms with Crippen LogP contribution in [-0.2, 0) is 26.1 Å². The number of rotatable bonds is 7. The smallest absolute Gasteiger partial charge is 0.123 e. The van der Waals surface area contributed by atoms with Crippen LogP contribution in [0, 0.1) is 5.82 Å². The number of aliphatic hydroxyl groups excluding tert-OH is 1. The van der Waals surface area contributed by atoms with Crippen molar-refractivity contribution in [2.24, 2.45) is 17.2 Å². The average molecular weight is 507 g/mol. The van der Waals surface area contributed by atoms with Gasteiger partial charge in [0.05, 0.1) is 6.61 Å². The Kier molecular flexibility index (Phi) is 13.3. The molecule has 0 aliphatic rings. The first-order chi connectivity index (χ1) is 17.5. The van der Waals surface area contributed by atoms with Crippen LogP contribution in [0.3, 0.4) is 0 Å². The van der Waals surface area contributed by atoms with E-state index < -0.39 is 0 Å². The van der Waals surface area contributed by atoms with Gasteiger partial charge in [-0.25, -0.2) is 4.39 Å². The lowest BCUT2D eigenvalue weighted by molar-refractivity contribution is 0.279. The van der Waals surface area contributed by atoms with Gasteiger partial charge in [-0.1, -0.05) is 78.5 Å². The third-order valence-corrected chi connectivity index (χ3v) is 6.39. The highest BCUT2D eigenvalue weighted by Gasteiger charge is 2.05. The van der Waals surface area contributed by atoms with E-state index in [9.17, 15) is 9.50 Å². The zero-order valence-electron chi connectivity index (χ0n) is 20.3. The molecule has 0 aromatic heterocycles. The summed E-state index contributed by atoms with van der Waals surface area (Å²) < 4.78 is 12.4. The number of para-hydroxylation sites is 1.